The van der Waals surface area contributed by atoms with E-state index >= 15 is 0 Å². The van der Waals surface area contributed by atoms with Gasteiger partial charge in [0.05, 0.1) is 11.6 Å². The second-order valence-corrected chi connectivity index (χ2v) is 4.85. The molecule has 0 aromatic heterocycles. The zero-order valence-electron chi connectivity index (χ0n) is 10.9. The topological polar surface area (TPSA) is 47.3 Å². The van der Waals surface area contributed by atoms with Crippen molar-refractivity contribution < 1.29 is 4.74 Å². The van der Waals surface area contributed by atoms with E-state index in [1.165, 1.54) is 31.3 Å². The van der Waals surface area contributed by atoms with Gasteiger partial charge in [-0.1, -0.05) is 25.0 Å². The number of methoxy groups -OCH3 is 1. The minimum Gasteiger partial charge on any atom is -0.377 e. The molecule has 3 N–H and O–H groups in total. The van der Waals surface area contributed by atoms with Crippen LogP contribution in [0.25, 0.3) is 0 Å². The molecule has 2 atom stereocenters. The average molecular weight is 226 g/mol. The minimum absolute atomic E-state index is 0.139. The van der Waals surface area contributed by atoms with Gasteiger partial charge in [-0.25, -0.2) is 0 Å². The van der Waals surface area contributed by atoms with Gasteiger partial charge >= 0.3 is 0 Å². The van der Waals surface area contributed by atoms with E-state index < -0.39 is 0 Å². The van der Waals surface area contributed by atoms with Gasteiger partial charge in [-0.2, -0.15) is 0 Å². The lowest BCUT2D eigenvalue weighted by Crippen LogP contribution is -2.53. The van der Waals surface area contributed by atoms with E-state index in [1.807, 2.05) is 0 Å². The van der Waals surface area contributed by atoms with Crippen molar-refractivity contribution in [3.05, 3.63) is 11.6 Å². The Balaban J connectivity index is 2.82. The second kappa shape index (κ2) is 6.38. The molecule has 3 heteroatoms. The summed E-state index contributed by atoms with van der Waals surface area (Å²) in [6, 6.07) is 0.139. The van der Waals surface area contributed by atoms with Crippen LogP contribution in [0.1, 0.15) is 52.4 Å². The molecule has 0 fully saturated rings. The van der Waals surface area contributed by atoms with Crippen LogP contribution < -0.4 is 11.3 Å². The number of allylic oxidation sites excluding steroid dienone is 1. The largest absolute Gasteiger partial charge is 0.377 e. The fraction of sp³-hybridized carbons (Fsp3) is 0.846. The molecule has 0 aliphatic heterocycles. The highest BCUT2D eigenvalue weighted by Crippen LogP contribution is 2.29. The first-order valence-electron chi connectivity index (χ1n) is 6.38. The molecule has 0 radical (unpaired) electrons. The van der Waals surface area contributed by atoms with Gasteiger partial charge in [0, 0.05) is 7.11 Å². The lowest BCUT2D eigenvalue weighted by molar-refractivity contribution is -0.0199. The summed E-state index contributed by atoms with van der Waals surface area (Å²) in [6.07, 6.45) is 9.53. The fourth-order valence-electron chi connectivity index (χ4n) is 2.44. The van der Waals surface area contributed by atoms with Gasteiger partial charge in [-0.05, 0) is 39.0 Å². The summed E-state index contributed by atoms with van der Waals surface area (Å²) in [4.78, 5) is 0. The third-order valence-corrected chi connectivity index (χ3v) is 3.89. The smallest absolute Gasteiger partial charge is 0.0851 e. The zero-order valence-corrected chi connectivity index (χ0v) is 10.9. The lowest BCUT2D eigenvalue weighted by atomic mass is 9.86. The molecular formula is C13H26N2O. The van der Waals surface area contributed by atoms with Crippen LogP contribution in [0.5, 0.6) is 0 Å². The molecule has 0 saturated carbocycles. The second-order valence-electron chi connectivity index (χ2n) is 4.85. The van der Waals surface area contributed by atoms with Crippen molar-refractivity contribution in [1.29, 1.82) is 0 Å². The number of rotatable bonds is 5. The molecule has 0 aromatic carbocycles. The summed E-state index contributed by atoms with van der Waals surface area (Å²) in [7, 11) is 1.77. The van der Waals surface area contributed by atoms with Gasteiger partial charge in [-0.3, -0.25) is 11.3 Å². The molecule has 0 amide bonds. The fourth-order valence-corrected chi connectivity index (χ4v) is 2.44. The van der Waals surface area contributed by atoms with E-state index in [4.69, 9.17) is 10.6 Å². The van der Waals surface area contributed by atoms with Crippen LogP contribution in [0, 0.1) is 0 Å². The van der Waals surface area contributed by atoms with Gasteiger partial charge < -0.3 is 4.74 Å². The van der Waals surface area contributed by atoms with E-state index in [1.54, 1.807) is 7.11 Å². The number of hydrazine groups is 1. The Kier molecular flexibility index (Phi) is 5.46. The maximum atomic E-state index is 5.72. The number of hydrogen-bond donors (Lipinski definition) is 2. The van der Waals surface area contributed by atoms with Crippen LogP contribution in [0.4, 0.5) is 0 Å². The van der Waals surface area contributed by atoms with E-state index in [-0.39, 0.29) is 11.6 Å². The van der Waals surface area contributed by atoms with Crippen molar-refractivity contribution >= 4 is 0 Å². The van der Waals surface area contributed by atoms with Gasteiger partial charge in [0.2, 0.25) is 0 Å². The number of ether oxygens (including phenoxy) is 1. The summed E-state index contributed by atoms with van der Waals surface area (Å²) in [6.45, 7) is 4.27. The molecule has 0 saturated heterocycles. The van der Waals surface area contributed by atoms with Crippen LogP contribution >= 0.6 is 0 Å². The molecule has 0 spiro atoms. The van der Waals surface area contributed by atoms with E-state index in [9.17, 15) is 0 Å². The Morgan fingerprint density at radius 3 is 2.81 bits per heavy atom. The number of hydrogen-bond acceptors (Lipinski definition) is 3. The summed E-state index contributed by atoms with van der Waals surface area (Å²) in [5, 5.41) is 0. The first-order chi connectivity index (χ1) is 7.68. The van der Waals surface area contributed by atoms with Gasteiger partial charge in [-0.15, -0.1) is 0 Å². The third-order valence-electron chi connectivity index (χ3n) is 3.89. The molecule has 1 aliphatic rings. The Hall–Kier alpha value is -0.380. The number of nitrogens with one attached hydrogen (secondary N) is 1. The van der Waals surface area contributed by atoms with Gasteiger partial charge in [0.25, 0.3) is 0 Å². The van der Waals surface area contributed by atoms with Crippen molar-refractivity contribution in [2.75, 3.05) is 7.11 Å². The Morgan fingerprint density at radius 2 is 2.25 bits per heavy atom. The molecule has 1 rings (SSSR count). The van der Waals surface area contributed by atoms with Crippen molar-refractivity contribution in [3.8, 4) is 0 Å². The maximum Gasteiger partial charge on any atom is 0.0851 e. The predicted octanol–water partition coefficient (Wildman–Crippen LogP) is 2.52. The minimum atomic E-state index is -0.203. The van der Waals surface area contributed by atoms with Crippen molar-refractivity contribution in [2.24, 2.45) is 5.84 Å². The van der Waals surface area contributed by atoms with Crippen LogP contribution in [0.15, 0.2) is 11.6 Å². The first kappa shape index (κ1) is 13.7. The third kappa shape index (κ3) is 3.06. The van der Waals surface area contributed by atoms with Crippen LogP contribution in [-0.2, 0) is 4.74 Å². The van der Waals surface area contributed by atoms with Crippen molar-refractivity contribution in [3.63, 3.8) is 0 Å². The summed E-state index contributed by atoms with van der Waals surface area (Å²) < 4.78 is 5.65. The van der Waals surface area contributed by atoms with Crippen molar-refractivity contribution in [2.45, 2.75) is 64.0 Å². The van der Waals surface area contributed by atoms with E-state index in [2.05, 4.69) is 25.3 Å². The molecule has 3 nitrogen and oxygen atoms in total. The Bertz CT molecular complexity index is 234. The molecule has 0 heterocycles. The van der Waals surface area contributed by atoms with Crippen LogP contribution in [0.3, 0.4) is 0 Å². The highest BCUT2D eigenvalue weighted by Gasteiger charge is 2.34. The summed E-state index contributed by atoms with van der Waals surface area (Å²) in [5.41, 5.74) is 4.17. The SMILES string of the molecule is CCC(C)(OC)C(NN)C1=CCCCCC1. The highest BCUT2D eigenvalue weighted by molar-refractivity contribution is 5.17. The molecule has 94 valence electrons. The highest BCUT2D eigenvalue weighted by atomic mass is 16.5. The number of nitrogens with two attached hydrogens (primary N) is 1. The lowest BCUT2D eigenvalue weighted by Gasteiger charge is -2.37. The Morgan fingerprint density at radius 1 is 1.50 bits per heavy atom. The summed E-state index contributed by atoms with van der Waals surface area (Å²) >= 11 is 0. The van der Waals surface area contributed by atoms with E-state index in [0.29, 0.717) is 0 Å². The van der Waals surface area contributed by atoms with Gasteiger partial charge in [0.15, 0.2) is 0 Å². The quantitative estimate of drug-likeness (QED) is 0.430. The van der Waals surface area contributed by atoms with Crippen LogP contribution in [0.2, 0.25) is 0 Å². The predicted molar refractivity (Wildman–Crippen MR) is 68.0 cm³/mol. The standard InChI is InChI=1S/C13H26N2O/c1-4-13(2,16-3)12(15-14)11-9-7-5-6-8-10-11/h9,12,15H,4-8,10,14H2,1-3H3. The normalized spacial score (nSPS) is 23.1. The molecule has 16 heavy (non-hydrogen) atoms. The van der Waals surface area contributed by atoms with Gasteiger partial charge in [0.1, 0.15) is 0 Å². The van der Waals surface area contributed by atoms with Crippen LogP contribution in [-0.4, -0.2) is 18.8 Å². The molecular weight excluding hydrogens is 200 g/mol. The van der Waals surface area contributed by atoms with E-state index in [0.717, 1.165) is 12.8 Å². The zero-order chi connectivity index (χ0) is 12.0. The maximum absolute atomic E-state index is 5.72. The first-order valence-corrected chi connectivity index (χ1v) is 6.38. The molecule has 1 aliphatic carbocycles. The average Bonchev–Trinajstić information content (AvgIpc) is 2.58. The summed E-state index contributed by atoms with van der Waals surface area (Å²) in [5.74, 6) is 5.72. The van der Waals surface area contributed by atoms with Crippen molar-refractivity contribution in [1.82, 2.24) is 5.43 Å². The molecule has 2 unspecified atom stereocenters. The molecule has 0 bridgehead atoms. The monoisotopic (exact) mass is 226 g/mol. The molecule has 0 aromatic rings. The Labute approximate surface area is 99.4 Å².